The predicted octanol–water partition coefficient (Wildman–Crippen LogP) is 7.75. The standard InChI is InChI=1S/C36H47N3O2S/c1-26(2)15-20-37-21-18-33(19-22-37)39(36(41)34-14-5-28(4)42-34)25-29-6-8-30(9-7-29)31-10-12-32(13-11-31)35(40)38-23-16-27(3)17-24-38/h5-14,26-27,33H,15-25H2,1-4H3. The predicted molar refractivity (Wildman–Crippen MR) is 174 cm³/mol. The largest absolute Gasteiger partial charge is 0.339 e. The number of thiophene rings is 1. The van der Waals surface area contributed by atoms with Crippen LogP contribution in [0.1, 0.15) is 83.3 Å². The first-order valence-corrected chi connectivity index (χ1v) is 16.7. The summed E-state index contributed by atoms with van der Waals surface area (Å²) in [6.45, 7) is 14.5. The molecule has 3 aromatic rings. The Hall–Kier alpha value is -2.96. The van der Waals surface area contributed by atoms with Crippen molar-refractivity contribution in [2.75, 3.05) is 32.7 Å². The number of amides is 2. The average Bonchev–Trinajstić information content (AvgIpc) is 3.45. The van der Waals surface area contributed by atoms with Crippen LogP contribution in [0.15, 0.2) is 60.7 Å². The summed E-state index contributed by atoms with van der Waals surface area (Å²) < 4.78 is 0. The maximum atomic E-state index is 13.8. The zero-order valence-electron chi connectivity index (χ0n) is 25.9. The molecule has 0 aliphatic carbocycles. The molecule has 2 aliphatic heterocycles. The summed E-state index contributed by atoms with van der Waals surface area (Å²) in [4.78, 5) is 35.4. The highest BCUT2D eigenvalue weighted by atomic mass is 32.1. The molecule has 0 radical (unpaired) electrons. The lowest BCUT2D eigenvalue weighted by Gasteiger charge is -2.38. The molecule has 0 atom stereocenters. The third kappa shape index (κ3) is 7.70. The van der Waals surface area contributed by atoms with Gasteiger partial charge in [-0.15, -0.1) is 11.3 Å². The van der Waals surface area contributed by atoms with Crippen LogP contribution < -0.4 is 0 Å². The SMILES string of the molecule is Cc1ccc(C(=O)N(Cc2ccc(-c3ccc(C(=O)N4CCC(C)CC4)cc3)cc2)C2CCN(CCC(C)C)CC2)s1. The number of hydrogen-bond donors (Lipinski definition) is 0. The van der Waals surface area contributed by atoms with Crippen LogP contribution in [0.4, 0.5) is 0 Å². The van der Waals surface area contributed by atoms with Crippen molar-refractivity contribution < 1.29 is 9.59 Å². The molecule has 2 aromatic carbocycles. The summed E-state index contributed by atoms with van der Waals surface area (Å²) in [5, 5.41) is 0. The summed E-state index contributed by atoms with van der Waals surface area (Å²) in [6, 6.07) is 20.9. The lowest BCUT2D eigenvalue weighted by atomic mass is 9.98. The van der Waals surface area contributed by atoms with Crippen molar-refractivity contribution in [3.05, 3.63) is 81.5 Å². The van der Waals surface area contributed by atoms with Gasteiger partial charge in [0.15, 0.2) is 0 Å². The van der Waals surface area contributed by atoms with E-state index in [0.717, 1.165) is 91.5 Å². The fourth-order valence-electron chi connectivity index (χ4n) is 6.15. The van der Waals surface area contributed by atoms with E-state index < -0.39 is 0 Å². The van der Waals surface area contributed by atoms with Crippen molar-refractivity contribution in [3.8, 4) is 11.1 Å². The van der Waals surface area contributed by atoms with Gasteiger partial charge < -0.3 is 14.7 Å². The van der Waals surface area contributed by atoms with E-state index in [-0.39, 0.29) is 17.9 Å². The maximum Gasteiger partial charge on any atom is 0.264 e. The first-order valence-electron chi connectivity index (χ1n) is 15.8. The minimum Gasteiger partial charge on any atom is -0.339 e. The smallest absolute Gasteiger partial charge is 0.264 e. The lowest BCUT2D eigenvalue weighted by Crippen LogP contribution is -2.47. The van der Waals surface area contributed by atoms with Crippen LogP contribution >= 0.6 is 11.3 Å². The Bertz CT molecular complexity index is 1310. The van der Waals surface area contributed by atoms with Crippen LogP contribution in [0, 0.1) is 18.8 Å². The molecule has 5 rings (SSSR count). The average molecular weight is 586 g/mol. The van der Waals surface area contributed by atoms with Crippen molar-refractivity contribution >= 4 is 23.2 Å². The van der Waals surface area contributed by atoms with E-state index in [1.54, 1.807) is 11.3 Å². The molecular weight excluding hydrogens is 538 g/mol. The Morgan fingerprint density at radius 1 is 0.857 bits per heavy atom. The molecule has 6 heteroatoms. The minimum atomic E-state index is 0.139. The van der Waals surface area contributed by atoms with Gasteiger partial charge in [-0.1, -0.05) is 57.2 Å². The highest BCUT2D eigenvalue weighted by molar-refractivity contribution is 7.13. The van der Waals surface area contributed by atoms with Crippen molar-refractivity contribution in [2.45, 2.75) is 72.4 Å². The number of aryl methyl sites for hydroxylation is 1. The Morgan fingerprint density at radius 3 is 2.05 bits per heavy atom. The number of likely N-dealkylation sites (tertiary alicyclic amines) is 2. The quantitative estimate of drug-likeness (QED) is 0.258. The molecule has 0 spiro atoms. The van der Waals surface area contributed by atoms with Crippen LogP contribution in [-0.4, -0.2) is 65.3 Å². The molecule has 2 aliphatic rings. The summed E-state index contributed by atoms with van der Waals surface area (Å²) in [5.74, 6) is 1.72. The molecule has 0 saturated carbocycles. The number of carbonyl (C=O) groups is 2. The van der Waals surface area contributed by atoms with Crippen molar-refractivity contribution in [1.29, 1.82) is 0 Å². The van der Waals surface area contributed by atoms with Gasteiger partial charge in [-0.3, -0.25) is 9.59 Å². The second kappa shape index (κ2) is 14.0. The normalized spacial score (nSPS) is 17.1. The Balaban J connectivity index is 1.25. The molecule has 224 valence electrons. The molecule has 2 amide bonds. The Labute approximate surface area is 256 Å². The van der Waals surface area contributed by atoms with Gasteiger partial charge in [0.25, 0.3) is 11.8 Å². The van der Waals surface area contributed by atoms with Crippen molar-refractivity contribution in [1.82, 2.24) is 14.7 Å². The van der Waals surface area contributed by atoms with Gasteiger partial charge in [-0.05, 0) is 98.4 Å². The van der Waals surface area contributed by atoms with Crippen LogP contribution in [0.5, 0.6) is 0 Å². The molecule has 5 nitrogen and oxygen atoms in total. The maximum absolute atomic E-state index is 13.8. The third-order valence-corrected chi connectivity index (χ3v) is 10.1. The zero-order valence-corrected chi connectivity index (χ0v) is 26.7. The topological polar surface area (TPSA) is 43.9 Å². The van der Waals surface area contributed by atoms with Gasteiger partial charge >= 0.3 is 0 Å². The fraction of sp³-hybridized carbons (Fsp3) is 0.500. The summed E-state index contributed by atoms with van der Waals surface area (Å²) >= 11 is 1.59. The van der Waals surface area contributed by atoms with E-state index in [1.807, 2.05) is 29.2 Å². The van der Waals surface area contributed by atoms with Crippen LogP contribution in [0.3, 0.4) is 0 Å². The van der Waals surface area contributed by atoms with Crippen molar-refractivity contribution in [3.63, 3.8) is 0 Å². The monoisotopic (exact) mass is 585 g/mol. The molecule has 42 heavy (non-hydrogen) atoms. The number of piperidine rings is 2. The molecule has 1 aromatic heterocycles. The van der Waals surface area contributed by atoms with E-state index >= 15 is 0 Å². The first kappa shape index (κ1) is 30.5. The summed E-state index contributed by atoms with van der Waals surface area (Å²) in [5.41, 5.74) is 4.13. The van der Waals surface area contributed by atoms with Crippen LogP contribution in [-0.2, 0) is 6.54 Å². The van der Waals surface area contributed by atoms with E-state index in [4.69, 9.17) is 0 Å². The lowest BCUT2D eigenvalue weighted by molar-refractivity contribution is 0.0550. The number of benzene rings is 2. The molecule has 0 N–H and O–H groups in total. The molecular formula is C36H47N3O2S. The van der Waals surface area contributed by atoms with Crippen LogP contribution in [0.2, 0.25) is 0 Å². The summed E-state index contributed by atoms with van der Waals surface area (Å²) in [6.07, 6.45) is 5.44. The van der Waals surface area contributed by atoms with E-state index in [0.29, 0.717) is 12.5 Å². The second-order valence-corrected chi connectivity index (χ2v) is 14.1. The highest BCUT2D eigenvalue weighted by Gasteiger charge is 2.29. The minimum absolute atomic E-state index is 0.139. The molecule has 3 heterocycles. The summed E-state index contributed by atoms with van der Waals surface area (Å²) in [7, 11) is 0. The van der Waals surface area contributed by atoms with Crippen LogP contribution in [0.25, 0.3) is 11.1 Å². The number of rotatable bonds is 9. The molecule has 0 unspecified atom stereocenters. The molecule has 0 bridgehead atoms. The number of carbonyl (C=O) groups excluding carboxylic acids is 2. The van der Waals surface area contributed by atoms with E-state index in [2.05, 4.69) is 73.9 Å². The van der Waals surface area contributed by atoms with Crippen molar-refractivity contribution in [2.24, 2.45) is 11.8 Å². The number of hydrogen-bond acceptors (Lipinski definition) is 4. The first-order chi connectivity index (χ1) is 20.3. The van der Waals surface area contributed by atoms with Gasteiger partial charge in [0.2, 0.25) is 0 Å². The molecule has 2 fully saturated rings. The fourth-order valence-corrected chi connectivity index (χ4v) is 6.98. The zero-order chi connectivity index (χ0) is 29.6. The van der Waals surface area contributed by atoms with E-state index in [1.165, 1.54) is 11.3 Å². The Kier molecular flexibility index (Phi) is 10.2. The third-order valence-electron chi connectivity index (χ3n) is 9.08. The Morgan fingerprint density at radius 2 is 1.48 bits per heavy atom. The van der Waals surface area contributed by atoms with Gasteiger partial charge in [0.1, 0.15) is 0 Å². The molecule has 2 saturated heterocycles. The second-order valence-electron chi connectivity index (χ2n) is 12.8. The van der Waals surface area contributed by atoms with Gasteiger partial charge in [-0.2, -0.15) is 0 Å². The van der Waals surface area contributed by atoms with Gasteiger partial charge in [0, 0.05) is 49.2 Å². The highest BCUT2D eigenvalue weighted by Crippen LogP contribution is 2.27. The van der Waals surface area contributed by atoms with E-state index in [9.17, 15) is 9.59 Å². The number of nitrogens with zero attached hydrogens (tertiary/aromatic N) is 3. The van der Waals surface area contributed by atoms with Gasteiger partial charge in [0.05, 0.1) is 4.88 Å². The van der Waals surface area contributed by atoms with Gasteiger partial charge in [-0.25, -0.2) is 0 Å².